The molecule has 0 bridgehead atoms. The molecular formula is C26H32N4O4. The fourth-order valence-corrected chi connectivity index (χ4v) is 5.00. The Hall–Kier alpha value is -3.39. The van der Waals surface area contributed by atoms with Gasteiger partial charge >= 0.3 is 0 Å². The van der Waals surface area contributed by atoms with E-state index in [4.69, 9.17) is 5.73 Å². The Balaban J connectivity index is 1.58. The highest BCUT2D eigenvalue weighted by Crippen LogP contribution is 2.43. The number of hydrogen-bond acceptors (Lipinski definition) is 5. The van der Waals surface area contributed by atoms with Gasteiger partial charge in [0.15, 0.2) is 0 Å². The molecule has 5 N–H and O–H groups in total. The molecule has 0 radical (unpaired) electrons. The molecule has 2 aromatic carbocycles. The Morgan fingerprint density at radius 1 is 1.06 bits per heavy atom. The van der Waals surface area contributed by atoms with E-state index in [2.05, 4.69) is 10.6 Å². The molecule has 34 heavy (non-hydrogen) atoms. The number of carbonyl (C=O) groups excluding carboxylic acids is 3. The van der Waals surface area contributed by atoms with Gasteiger partial charge in [-0.05, 0) is 49.1 Å². The smallest absolute Gasteiger partial charge is 0.246 e. The summed E-state index contributed by atoms with van der Waals surface area (Å²) in [7, 11) is 0. The number of unbranched alkanes of at least 4 members (excludes halogenated alkanes) is 2. The van der Waals surface area contributed by atoms with Crippen molar-refractivity contribution in [2.45, 2.75) is 50.2 Å². The van der Waals surface area contributed by atoms with E-state index in [-0.39, 0.29) is 29.9 Å². The van der Waals surface area contributed by atoms with Crippen LogP contribution < -0.4 is 16.4 Å². The first-order valence-corrected chi connectivity index (χ1v) is 11.9. The minimum atomic E-state index is -0.702. The molecule has 0 spiro atoms. The second kappa shape index (κ2) is 10.7. The molecule has 2 saturated heterocycles. The lowest BCUT2D eigenvalue weighted by Gasteiger charge is -2.38. The Morgan fingerprint density at radius 2 is 1.79 bits per heavy atom. The van der Waals surface area contributed by atoms with Gasteiger partial charge in [-0.1, -0.05) is 48.9 Å². The van der Waals surface area contributed by atoms with E-state index in [1.807, 2.05) is 30.3 Å². The normalized spacial score (nSPS) is 24.0. The number of hydrogen-bond donors (Lipinski definition) is 4. The van der Waals surface area contributed by atoms with Crippen LogP contribution in [0.25, 0.3) is 0 Å². The van der Waals surface area contributed by atoms with Gasteiger partial charge in [-0.2, -0.15) is 0 Å². The molecule has 8 heteroatoms. The first-order chi connectivity index (χ1) is 16.5. The second-order valence-corrected chi connectivity index (χ2v) is 9.03. The Kier molecular flexibility index (Phi) is 7.47. The minimum absolute atomic E-state index is 0.101. The van der Waals surface area contributed by atoms with E-state index < -0.39 is 24.0 Å². The van der Waals surface area contributed by atoms with Crippen LogP contribution in [0.4, 0.5) is 0 Å². The van der Waals surface area contributed by atoms with Crippen LogP contribution in [0.3, 0.4) is 0 Å². The molecule has 3 amide bonds. The number of phenols is 1. The predicted octanol–water partition coefficient (Wildman–Crippen LogP) is 1.64. The molecule has 0 aliphatic carbocycles. The molecule has 2 aliphatic rings. The van der Waals surface area contributed by atoms with Gasteiger partial charge in [0.2, 0.25) is 17.7 Å². The first kappa shape index (κ1) is 23.8. The van der Waals surface area contributed by atoms with E-state index >= 15 is 0 Å². The van der Waals surface area contributed by atoms with Crippen molar-refractivity contribution in [2.75, 3.05) is 13.1 Å². The van der Waals surface area contributed by atoms with Gasteiger partial charge in [-0.15, -0.1) is 0 Å². The lowest BCUT2D eigenvalue weighted by atomic mass is 9.92. The van der Waals surface area contributed by atoms with Crippen LogP contribution in [0, 0.1) is 5.92 Å². The molecule has 0 saturated carbocycles. The minimum Gasteiger partial charge on any atom is -0.508 e. The third kappa shape index (κ3) is 5.07. The van der Waals surface area contributed by atoms with E-state index in [1.54, 1.807) is 29.2 Å². The average Bonchev–Trinajstić information content (AvgIpc) is 3.25. The van der Waals surface area contributed by atoms with Gasteiger partial charge in [0, 0.05) is 13.0 Å². The zero-order valence-electron chi connectivity index (χ0n) is 19.2. The van der Waals surface area contributed by atoms with Gasteiger partial charge < -0.3 is 26.4 Å². The van der Waals surface area contributed by atoms with Crippen molar-refractivity contribution >= 4 is 17.7 Å². The summed E-state index contributed by atoms with van der Waals surface area (Å²) in [5, 5.41) is 15.6. The summed E-state index contributed by atoms with van der Waals surface area (Å²) in [6.07, 6.45) is 3.30. The Labute approximate surface area is 199 Å². The van der Waals surface area contributed by atoms with Crippen molar-refractivity contribution in [3.05, 3.63) is 65.7 Å². The molecule has 0 aromatic heterocycles. The first-order valence-electron chi connectivity index (χ1n) is 11.9. The summed E-state index contributed by atoms with van der Waals surface area (Å²) < 4.78 is 0. The number of fused-ring (bicyclic) bond motifs is 1. The molecule has 4 rings (SSSR count). The zero-order chi connectivity index (χ0) is 24.1. The van der Waals surface area contributed by atoms with E-state index in [1.165, 1.54) is 0 Å². The number of amides is 3. The molecular weight excluding hydrogens is 432 g/mol. The van der Waals surface area contributed by atoms with Crippen LogP contribution >= 0.6 is 0 Å². The van der Waals surface area contributed by atoms with Crippen LogP contribution in [-0.2, 0) is 20.8 Å². The SMILES string of the molecule is NCCCCCNC(=O)[C@H]1C[C@H]2C(=O)N[C@@H](Cc3ccccc3)C(=O)N2[C@H]1c1ccc(O)cc1. The van der Waals surface area contributed by atoms with Crippen LogP contribution in [0.15, 0.2) is 54.6 Å². The number of nitrogens with two attached hydrogens (primary N) is 1. The summed E-state index contributed by atoms with van der Waals surface area (Å²) in [6, 6.07) is 14.1. The lowest BCUT2D eigenvalue weighted by Crippen LogP contribution is -2.62. The number of rotatable bonds is 9. The van der Waals surface area contributed by atoms with E-state index in [9.17, 15) is 19.5 Å². The standard InChI is InChI=1S/C26H32N4O4/c27-13-5-2-6-14-28-24(32)20-16-22-25(33)29-21(15-17-7-3-1-4-8-17)26(34)30(22)23(20)18-9-11-19(31)12-10-18/h1,3-4,7-12,20-23,31H,2,5-6,13-16,27H2,(H,28,32)(H,29,33)/t20-,21-,22-,23-/m0/s1. The third-order valence-electron chi connectivity index (χ3n) is 6.70. The van der Waals surface area contributed by atoms with Crippen LogP contribution in [0.5, 0.6) is 5.75 Å². The lowest BCUT2D eigenvalue weighted by molar-refractivity contribution is -0.149. The summed E-state index contributed by atoms with van der Waals surface area (Å²) >= 11 is 0. The molecule has 180 valence electrons. The van der Waals surface area contributed by atoms with Crippen molar-refractivity contribution in [1.29, 1.82) is 0 Å². The van der Waals surface area contributed by atoms with Crippen molar-refractivity contribution in [3.8, 4) is 5.75 Å². The fourth-order valence-electron chi connectivity index (χ4n) is 5.00. The third-order valence-corrected chi connectivity index (χ3v) is 6.70. The highest BCUT2D eigenvalue weighted by molar-refractivity contribution is 5.99. The Morgan fingerprint density at radius 3 is 2.50 bits per heavy atom. The number of piperazine rings is 1. The van der Waals surface area contributed by atoms with Gasteiger partial charge in [-0.25, -0.2) is 0 Å². The quantitative estimate of drug-likeness (QED) is 0.420. The van der Waals surface area contributed by atoms with Crippen LogP contribution in [0.2, 0.25) is 0 Å². The number of nitrogens with zero attached hydrogens (tertiary/aromatic N) is 1. The maximum Gasteiger partial charge on any atom is 0.246 e. The van der Waals surface area contributed by atoms with Gasteiger partial charge in [0.1, 0.15) is 17.8 Å². The highest BCUT2D eigenvalue weighted by atomic mass is 16.3. The number of aromatic hydroxyl groups is 1. The number of carbonyl (C=O) groups is 3. The summed E-state index contributed by atoms with van der Waals surface area (Å²) in [5.74, 6) is -1.05. The zero-order valence-corrected chi connectivity index (χ0v) is 19.2. The average molecular weight is 465 g/mol. The molecule has 4 atom stereocenters. The number of benzene rings is 2. The molecule has 0 unspecified atom stereocenters. The molecule has 2 aliphatic heterocycles. The van der Waals surface area contributed by atoms with Crippen LogP contribution in [0.1, 0.15) is 42.9 Å². The topological polar surface area (TPSA) is 125 Å². The monoisotopic (exact) mass is 464 g/mol. The second-order valence-electron chi connectivity index (χ2n) is 9.03. The Bertz CT molecular complexity index is 1010. The molecule has 2 aromatic rings. The predicted molar refractivity (Wildman–Crippen MR) is 128 cm³/mol. The summed E-state index contributed by atoms with van der Waals surface area (Å²) in [6.45, 7) is 1.15. The van der Waals surface area contributed by atoms with E-state index in [0.717, 1.165) is 30.4 Å². The summed E-state index contributed by atoms with van der Waals surface area (Å²) in [4.78, 5) is 41.5. The maximum atomic E-state index is 13.6. The largest absolute Gasteiger partial charge is 0.508 e. The van der Waals surface area contributed by atoms with Crippen molar-refractivity contribution in [2.24, 2.45) is 11.7 Å². The number of phenolic OH excluding ortho intramolecular Hbond substituents is 1. The highest BCUT2D eigenvalue weighted by Gasteiger charge is 2.54. The van der Waals surface area contributed by atoms with Gasteiger partial charge in [-0.3, -0.25) is 14.4 Å². The molecule has 8 nitrogen and oxygen atoms in total. The van der Waals surface area contributed by atoms with Crippen LogP contribution in [-0.4, -0.2) is 52.9 Å². The summed E-state index contributed by atoms with van der Waals surface area (Å²) in [5.41, 5.74) is 7.21. The maximum absolute atomic E-state index is 13.6. The molecule has 2 fully saturated rings. The molecule has 2 heterocycles. The van der Waals surface area contributed by atoms with Gasteiger partial charge in [0.05, 0.1) is 12.0 Å². The van der Waals surface area contributed by atoms with Crippen molar-refractivity contribution in [1.82, 2.24) is 15.5 Å². The van der Waals surface area contributed by atoms with Crippen molar-refractivity contribution < 1.29 is 19.5 Å². The van der Waals surface area contributed by atoms with Crippen molar-refractivity contribution in [3.63, 3.8) is 0 Å². The van der Waals surface area contributed by atoms with E-state index in [0.29, 0.717) is 19.5 Å². The fraction of sp³-hybridized carbons (Fsp3) is 0.423. The number of nitrogens with one attached hydrogen (secondary N) is 2. The van der Waals surface area contributed by atoms with Gasteiger partial charge in [0.25, 0.3) is 0 Å².